The minimum Gasteiger partial charge on any atom is -0.368 e. The lowest BCUT2D eigenvalue weighted by atomic mass is 10.1. The van der Waals surface area contributed by atoms with Crippen LogP contribution in [-0.4, -0.2) is 65.3 Å². The van der Waals surface area contributed by atoms with Gasteiger partial charge in [-0.2, -0.15) is 5.26 Å². The van der Waals surface area contributed by atoms with E-state index >= 15 is 0 Å². The number of pyridine rings is 1. The van der Waals surface area contributed by atoms with Gasteiger partial charge >= 0.3 is 0 Å². The number of fused-ring (bicyclic) bond motifs is 1. The Morgan fingerprint density at radius 3 is 2.72 bits per heavy atom. The lowest BCUT2D eigenvalue weighted by Crippen LogP contribution is -2.46. The number of hydrogen-bond acceptors (Lipinski definition) is 8. The van der Waals surface area contributed by atoms with Gasteiger partial charge in [-0.15, -0.1) is 11.3 Å². The smallest absolute Gasteiger partial charge is 0.191 e. The largest absolute Gasteiger partial charge is 0.368 e. The van der Waals surface area contributed by atoms with Crippen LogP contribution in [0.25, 0.3) is 16.9 Å². The molecule has 0 N–H and O–H groups in total. The first-order chi connectivity index (χ1) is 17.5. The molecule has 0 unspecified atom stereocenters. The zero-order valence-electron chi connectivity index (χ0n) is 20.2. The highest BCUT2D eigenvalue weighted by Gasteiger charge is 2.22. The monoisotopic (exact) mass is 503 g/mol. The molecule has 3 aromatic heterocycles. The van der Waals surface area contributed by atoms with Gasteiger partial charge in [-0.25, -0.2) is 14.4 Å². The van der Waals surface area contributed by atoms with Gasteiger partial charge < -0.3 is 14.6 Å². The second-order valence-electron chi connectivity index (χ2n) is 8.68. The van der Waals surface area contributed by atoms with E-state index in [0.717, 1.165) is 66.9 Å². The number of carbonyl (C=O) groups is 1. The average molecular weight is 504 g/mol. The number of thiazole rings is 1. The molecule has 5 rings (SSSR count). The first-order valence-corrected chi connectivity index (χ1v) is 12.7. The standard InChI is InChI=1S/C26H26FN7OS/c1-3-22-25(31(2)26-30-23(17-36-26)21-6-4-19(27)14-18(21)15-28)34-16-20(5-7-24(34)29-22)33-10-8-32(9-11-33)12-13-35/h4-7,13-14,16-17H,3,8-12H2,1-2H3. The van der Waals surface area contributed by atoms with Crippen molar-refractivity contribution in [3.8, 4) is 17.3 Å². The minimum absolute atomic E-state index is 0.261. The number of hydrogen-bond donors (Lipinski definition) is 0. The Kier molecular flexibility index (Phi) is 6.67. The molecular formula is C26H26FN7OS. The Balaban J connectivity index is 1.48. The molecule has 36 heavy (non-hydrogen) atoms. The Morgan fingerprint density at radius 1 is 1.19 bits per heavy atom. The first-order valence-electron chi connectivity index (χ1n) is 11.8. The van der Waals surface area contributed by atoms with Crippen LogP contribution < -0.4 is 9.80 Å². The number of imidazole rings is 1. The summed E-state index contributed by atoms with van der Waals surface area (Å²) in [6.45, 7) is 5.97. The van der Waals surface area contributed by atoms with Crippen LogP contribution in [0.1, 0.15) is 18.2 Å². The highest BCUT2D eigenvalue weighted by molar-refractivity contribution is 7.14. The number of carbonyl (C=O) groups excluding carboxylic acids is 1. The van der Waals surface area contributed by atoms with Crippen molar-refractivity contribution in [3.63, 3.8) is 0 Å². The van der Waals surface area contributed by atoms with Gasteiger partial charge in [0.15, 0.2) is 5.13 Å². The third-order valence-corrected chi connectivity index (χ3v) is 7.44. The van der Waals surface area contributed by atoms with Crippen molar-refractivity contribution >= 4 is 39.9 Å². The molecule has 10 heteroatoms. The normalized spacial score (nSPS) is 14.2. The summed E-state index contributed by atoms with van der Waals surface area (Å²) >= 11 is 1.47. The van der Waals surface area contributed by atoms with Crippen molar-refractivity contribution < 1.29 is 9.18 Å². The molecular weight excluding hydrogens is 477 g/mol. The Morgan fingerprint density at radius 2 is 2.00 bits per heavy atom. The molecule has 4 aromatic rings. The van der Waals surface area contributed by atoms with Crippen LogP contribution in [-0.2, 0) is 11.2 Å². The van der Waals surface area contributed by atoms with E-state index in [1.54, 1.807) is 6.07 Å². The van der Waals surface area contributed by atoms with Gasteiger partial charge in [-0.1, -0.05) is 6.92 Å². The molecule has 0 spiro atoms. The molecule has 1 saturated heterocycles. The fourth-order valence-electron chi connectivity index (χ4n) is 4.61. The van der Waals surface area contributed by atoms with Gasteiger partial charge in [0.1, 0.15) is 23.6 Å². The number of nitrogens with zero attached hydrogens (tertiary/aromatic N) is 7. The van der Waals surface area contributed by atoms with Crippen molar-refractivity contribution in [2.24, 2.45) is 0 Å². The zero-order chi connectivity index (χ0) is 25.2. The van der Waals surface area contributed by atoms with E-state index in [9.17, 15) is 14.4 Å². The lowest BCUT2D eigenvalue weighted by molar-refractivity contribution is -0.108. The van der Waals surface area contributed by atoms with Crippen molar-refractivity contribution in [1.29, 1.82) is 5.26 Å². The predicted octanol–water partition coefficient (Wildman–Crippen LogP) is 4.12. The summed E-state index contributed by atoms with van der Waals surface area (Å²) in [7, 11) is 1.96. The van der Waals surface area contributed by atoms with Crippen LogP contribution in [0.15, 0.2) is 41.9 Å². The maximum absolute atomic E-state index is 13.6. The molecule has 0 atom stereocenters. The van der Waals surface area contributed by atoms with Crippen LogP contribution in [0.4, 0.5) is 21.0 Å². The van der Waals surface area contributed by atoms with Crippen molar-refractivity contribution in [2.45, 2.75) is 13.3 Å². The quantitative estimate of drug-likeness (QED) is 0.351. The summed E-state index contributed by atoms with van der Waals surface area (Å²) in [6, 6.07) is 10.4. The Bertz CT molecular complexity index is 1450. The van der Waals surface area contributed by atoms with Gasteiger partial charge in [0.25, 0.3) is 0 Å². The molecule has 0 aliphatic carbocycles. The molecule has 0 radical (unpaired) electrons. The van der Waals surface area contributed by atoms with E-state index in [2.05, 4.69) is 39.5 Å². The van der Waals surface area contributed by atoms with Crippen LogP contribution in [0.5, 0.6) is 0 Å². The Hall–Kier alpha value is -3.81. The van der Waals surface area contributed by atoms with E-state index < -0.39 is 5.82 Å². The summed E-state index contributed by atoms with van der Waals surface area (Å²) in [5, 5.41) is 12.1. The van der Waals surface area contributed by atoms with E-state index in [1.807, 2.05) is 23.4 Å². The topological polar surface area (TPSA) is 80.8 Å². The third kappa shape index (κ3) is 4.43. The number of halogens is 1. The second-order valence-corrected chi connectivity index (χ2v) is 9.52. The van der Waals surface area contributed by atoms with Gasteiger partial charge in [0, 0.05) is 50.4 Å². The maximum Gasteiger partial charge on any atom is 0.191 e. The van der Waals surface area contributed by atoms with Crippen LogP contribution in [0.3, 0.4) is 0 Å². The van der Waals surface area contributed by atoms with E-state index in [1.165, 1.54) is 23.5 Å². The molecule has 1 fully saturated rings. The molecule has 184 valence electrons. The molecule has 8 nitrogen and oxygen atoms in total. The molecule has 4 heterocycles. The number of aryl methyl sites for hydroxylation is 1. The number of benzene rings is 1. The van der Waals surface area contributed by atoms with E-state index in [0.29, 0.717) is 17.8 Å². The maximum atomic E-state index is 13.6. The summed E-state index contributed by atoms with van der Waals surface area (Å²) in [5.74, 6) is 0.497. The number of rotatable bonds is 7. The Labute approximate surface area is 212 Å². The van der Waals surface area contributed by atoms with Crippen LogP contribution in [0.2, 0.25) is 0 Å². The number of aldehydes is 1. The molecule has 0 bridgehead atoms. The molecule has 0 saturated carbocycles. The number of piperazine rings is 1. The minimum atomic E-state index is -0.442. The summed E-state index contributed by atoms with van der Waals surface area (Å²) < 4.78 is 15.7. The SMILES string of the molecule is CCc1nc2ccc(N3CCN(CC=O)CC3)cn2c1N(C)c1nc(-c2ccc(F)cc2C#N)cs1. The molecule has 0 amide bonds. The number of anilines is 3. The average Bonchev–Trinajstić information content (AvgIpc) is 3.53. The van der Waals surface area contributed by atoms with Gasteiger partial charge in [-0.3, -0.25) is 9.30 Å². The second kappa shape index (κ2) is 10.0. The van der Waals surface area contributed by atoms with Crippen molar-refractivity contribution in [1.82, 2.24) is 19.3 Å². The third-order valence-electron chi connectivity index (χ3n) is 6.53. The van der Waals surface area contributed by atoms with E-state index in [4.69, 9.17) is 9.97 Å². The summed E-state index contributed by atoms with van der Waals surface area (Å²) in [4.78, 5) is 27.0. The highest BCUT2D eigenvalue weighted by atomic mass is 32.1. The summed E-state index contributed by atoms with van der Waals surface area (Å²) in [6.07, 6.45) is 3.84. The van der Waals surface area contributed by atoms with Crippen LogP contribution >= 0.6 is 11.3 Å². The fourth-order valence-corrected chi connectivity index (χ4v) is 5.40. The first kappa shape index (κ1) is 23.9. The zero-order valence-corrected chi connectivity index (χ0v) is 21.0. The number of nitriles is 1. The van der Waals surface area contributed by atoms with Crippen molar-refractivity contribution in [3.05, 3.63) is 59.0 Å². The van der Waals surface area contributed by atoms with Gasteiger partial charge in [0.05, 0.1) is 35.3 Å². The summed E-state index contributed by atoms with van der Waals surface area (Å²) in [5.41, 5.74) is 4.43. The fraction of sp³-hybridized carbons (Fsp3) is 0.308. The predicted molar refractivity (Wildman–Crippen MR) is 140 cm³/mol. The molecule has 1 aliphatic rings. The number of aromatic nitrogens is 3. The van der Waals surface area contributed by atoms with Crippen molar-refractivity contribution in [2.75, 3.05) is 49.6 Å². The van der Waals surface area contributed by atoms with Gasteiger partial charge in [-0.05, 0) is 36.8 Å². The molecule has 1 aromatic carbocycles. The van der Waals surface area contributed by atoms with Crippen LogP contribution in [0, 0.1) is 17.1 Å². The van der Waals surface area contributed by atoms with Gasteiger partial charge in [0.2, 0.25) is 0 Å². The molecule has 1 aliphatic heterocycles. The van der Waals surface area contributed by atoms with E-state index in [-0.39, 0.29) is 5.56 Å². The lowest BCUT2D eigenvalue weighted by Gasteiger charge is -2.35. The highest BCUT2D eigenvalue weighted by Crippen LogP contribution is 2.35.